The Morgan fingerprint density at radius 3 is 2.50 bits per heavy atom. The summed E-state index contributed by atoms with van der Waals surface area (Å²) in [5.41, 5.74) is 0.592. The molecule has 1 amide bonds. The summed E-state index contributed by atoms with van der Waals surface area (Å²) >= 11 is 0. The van der Waals surface area contributed by atoms with E-state index in [2.05, 4.69) is 5.32 Å². The normalized spacial score (nSPS) is 10.3. The van der Waals surface area contributed by atoms with Gasteiger partial charge in [-0.3, -0.25) is 9.59 Å². The van der Waals surface area contributed by atoms with Gasteiger partial charge in [-0.1, -0.05) is 24.3 Å². The van der Waals surface area contributed by atoms with E-state index in [4.69, 9.17) is 0 Å². The number of hydrogen-bond donors (Lipinski definition) is 2. The van der Waals surface area contributed by atoms with E-state index in [1.165, 1.54) is 6.92 Å². The summed E-state index contributed by atoms with van der Waals surface area (Å²) < 4.78 is 0. The maximum atomic E-state index is 11.6. The van der Waals surface area contributed by atoms with E-state index in [0.29, 0.717) is 11.1 Å². The van der Waals surface area contributed by atoms with Crippen LogP contribution in [-0.4, -0.2) is 16.8 Å². The summed E-state index contributed by atoms with van der Waals surface area (Å²) in [5, 5.41) is 13.8. The van der Waals surface area contributed by atoms with Gasteiger partial charge in [0.2, 0.25) is 5.91 Å². The van der Waals surface area contributed by atoms with Gasteiger partial charge < -0.3 is 10.4 Å². The minimum atomic E-state index is -0.349. The summed E-state index contributed by atoms with van der Waals surface area (Å²) in [6.07, 6.45) is -0.144. The van der Waals surface area contributed by atoms with Crippen LogP contribution in [0.3, 0.4) is 0 Å². The highest BCUT2D eigenvalue weighted by Crippen LogP contribution is 2.29. The second-order valence-corrected chi connectivity index (χ2v) is 4.10. The molecule has 4 nitrogen and oxygen atoms in total. The molecule has 0 fully saturated rings. The van der Waals surface area contributed by atoms with Gasteiger partial charge in [-0.2, -0.15) is 0 Å². The molecule has 0 aliphatic heterocycles. The van der Waals surface area contributed by atoms with Crippen molar-refractivity contribution in [3.05, 3.63) is 36.4 Å². The van der Waals surface area contributed by atoms with Gasteiger partial charge >= 0.3 is 0 Å². The number of carbonyl (C=O) groups is 2. The molecule has 0 aliphatic rings. The zero-order chi connectivity index (χ0) is 13.1. The van der Waals surface area contributed by atoms with Crippen molar-refractivity contribution >= 4 is 28.2 Å². The highest BCUT2D eigenvalue weighted by Gasteiger charge is 2.08. The Hall–Kier alpha value is -2.36. The van der Waals surface area contributed by atoms with Gasteiger partial charge in [0.05, 0.1) is 6.42 Å². The number of benzene rings is 2. The molecule has 0 aliphatic carbocycles. The fourth-order valence-corrected chi connectivity index (χ4v) is 1.82. The average molecular weight is 243 g/mol. The fourth-order valence-electron chi connectivity index (χ4n) is 1.82. The topological polar surface area (TPSA) is 66.4 Å². The predicted octanol–water partition coefficient (Wildman–Crippen LogP) is 2.46. The summed E-state index contributed by atoms with van der Waals surface area (Å²) in [4.78, 5) is 22.4. The van der Waals surface area contributed by atoms with E-state index in [0.717, 1.165) is 5.39 Å². The second kappa shape index (κ2) is 4.87. The van der Waals surface area contributed by atoms with Gasteiger partial charge in [-0.05, 0) is 19.1 Å². The molecule has 0 spiro atoms. The molecule has 4 heteroatoms. The first-order chi connectivity index (χ1) is 8.58. The molecule has 2 aromatic carbocycles. The molecule has 92 valence electrons. The third-order valence-electron chi connectivity index (χ3n) is 2.58. The molecular formula is C14H13NO3. The van der Waals surface area contributed by atoms with Crippen molar-refractivity contribution in [1.82, 2.24) is 0 Å². The lowest BCUT2D eigenvalue weighted by atomic mass is 10.1. The summed E-state index contributed by atoms with van der Waals surface area (Å²) in [7, 11) is 0. The Morgan fingerprint density at radius 2 is 1.78 bits per heavy atom. The van der Waals surface area contributed by atoms with Crippen LogP contribution in [0.1, 0.15) is 13.3 Å². The van der Waals surface area contributed by atoms with Crippen molar-refractivity contribution < 1.29 is 14.7 Å². The number of Topliss-reactive ketones (excluding diaryl/α,β-unsaturated/α-hetero) is 1. The Morgan fingerprint density at radius 1 is 1.11 bits per heavy atom. The maximum absolute atomic E-state index is 11.6. The van der Waals surface area contributed by atoms with E-state index in [-0.39, 0.29) is 23.9 Å². The van der Waals surface area contributed by atoms with Crippen LogP contribution in [-0.2, 0) is 9.59 Å². The lowest BCUT2D eigenvalue weighted by molar-refractivity contribution is -0.124. The minimum Gasteiger partial charge on any atom is -0.507 e. The molecule has 0 saturated heterocycles. The van der Waals surface area contributed by atoms with Crippen molar-refractivity contribution in [2.24, 2.45) is 0 Å². The quantitative estimate of drug-likeness (QED) is 0.814. The first-order valence-electron chi connectivity index (χ1n) is 5.58. The Labute approximate surface area is 104 Å². The van der Waals surface area contributed by atoms with E-state index >= 15 is 0 Å². The number of phenols is 1. The number of amides is 1. The maximum Gasteiger partial charge on any atom is 0.231 e. The van der Waals surface area contributed by atoms with Crippen molar-refractivity contribution in [2.45, 2.75) is 13.3 Å². The van der Waals surface area contributed by atoms with Crippen molar-refractivity contribution in [1.29, 1.82) is 0 Å². The Bertz CT molecular complexity index is 619. The van der Waals surface area contributed by atoms with Gasteiger partial charge in [-0.25, -0.2) is 0 Å². The van der Waals surface area contributed by atoms with Gasteiger partial charge in [0.25, 0.3) is 0 Å². The van der Waals surface area contributed by atoms with Gasteiger partial charge in [-0.15, -0.1) is 0 Å². The fraction of sp³-hybridized carbons (Fsp3) is 0.143. The lowest BCUT2D eigenvalue weighted by Gasteiger charge is -2.08. The molecular weight excluding hydrogens is 230 g/mol. The van der Waals surface area contributed by atoms with Gasteiger partial charge in [0, 0.05) is 16.5 Å². The molecule has 2 rings (SSSR count). The molecule has 0 atom stereocenters. The molecule has 0 radical (unpaired) electrons. The number of ketones is 1. The van der Waals surface area contributed by atoms with Crippen LogP contribution in [0, 0.1) is 0 Å². The number of fused-ring (bicyclic) bond motifs is 1. The van der Waals surface area contributed by atoms with Crippen LogP contribution in [0.4, 0.5) is 5.69 Å². The molecule has 0 saturated carbocycles. The number of aromatic hydroxyl groups is 1. The number of nitrogens with one attached hydrogen (secondary N) is 1. The minimum absolute atomic E-state index is 0.144. The lowest BCUT2D eigenvalue weighted by Crippen LogP contribution is -2.14. The standard InChI is InChI=1S/C14H13NO3/c1-9(16)8-14(18)15-12-6-2-5-11-10(12)4-3-7-13(11)17/h2-7,17H,8H2,1H3,(H,15,18). The number of rotatable bonds is 3. The van der Waals surface area contributed by atoms with Crippen molar-refractivity contribution in [3.63, 3.8) is 0 Å². The second-order valence-electron chi connectivity index (χ2n) is 4.10. The molecule has 0 unspecified atom stereocenters. The third-order valence-corrected chi connectivity index (χ3v) is 2.58. The van der Waals surface area contributed by atoms with Gasteiger partial charge in [0.1, 0.15) is 11.5 Å². The summed E-state index contributed by atoms with van der Waals surface area (Å²) in [5.74, 6) is -0.371. The molecule has 2 aromatic rings. The molecule has 18 heavy (non-hydrogen) atoms. The SMILES string of the molecule is CC(=O)CC(=O)Nc1cccc2c(O)cccc12. The molecule has 0 aromatic heterocycles. The van der Waals surface area contributed by atoms with E-state index in [9.17, 15) is 14.7 Å². The highest BCUT2D eigenvalue weighted by atomic mass is 16.3. The van der Waals surface area contributed by atoms with Crippen LogP contribution in [0.15, 0.2) is 36.4 Å². The molecule has 2 N–H and O–H groups in total. The zero-order valence-corrected chi connectivity index (χ0v) is 9.93. The van der Waals surface area contributed by atoms with Crippen LogP contribution in [0.25, 0.3) is 10.8 Å². The summed E-state index contributed by atoms with van der Waals surface area (Å²) in [6, 6.07) is 10.3. The van der Waals surface area contributed by atoms with E-state index < -0.39 is 0 Å². The number of carbonyl (C=O) groups excluding carboxylic acids is 2. The van der Waals surface area contributed by atoms with E-state index in [1.54, 1.807) is 36.4 Å². The third kappa shape index (κ3) is 2.48. The predicted molar refractivity (Wildman–Crippen MR) is 69.5 cm³/mol. The average Bonchev–Trinajstić information content (AvgIpc) is 2.29. The zero-order valence-electron chi connectivity index (χ0n) is 9.93. The van der Waals surface area contributed by atoms with E-state index in [1.807, 2.05) is 0 Å². The Balaban J connectivity index is 2.37. The number of hydrogen-bond acceptors (Lipinski definition) is 3. The van der Waals surface area contributed by atoms with Crippen LogP contribution >= 0.6 is 0 Å². The molecule has 0 heterocycles. The smallest absolute Gasteiger partial charge is 0.231 e. The largest absolute Gasteiger partial charge is 0.507 e. The van der Waals surface area contributed by atoms with Gasteiger partial charge in [0.15, 0.2) is 0 Å². The Kier molecular flexibility index (Phi) is 3.28. The van der Waals surface area contributed by atoms with Crippen LogP contribution < -0.4 is 5.32 Å². The number of phenolic OH excluding ortho intramolecular Hbond substituents is 1. The van der Waals surface area contributed by atoms with Crippen molar-refractivity contribution in [3.8, 4) is 5.75 Å². The highest BCUT2D eigenvalue weighted by molar-refractivity contribution is 6.08. The monoisotopic (exact) mass is 243 g/mol. The number of anilines is 1. The van der Waals surface area contributed by atoms with Crippen LogP contribution in [0.2, 0.25) is 0 Å². The molecule has 0 bridgehead atoms. The van der Waals surface area contributed by atoms with Crippen molar-refractivity contribution in [2.75, 3.05) is 5.32 Å². The summed E-state index contributed by atoms with van der Waals surface area (Å²) in [6.45, 7) is 1.37. The first-order valence-corrected chi connectivity index (χ1v) is 5.58. The first kappa shape index (κ1) is 12.1. The van der Waals surface area contributed by atoms with Crippen LogP contribution in [0.5, 0.6) is 5.75 Å².